The first-order valence-electron chi connectivity index (χ1n) is 7.32. The van der Waals surface area contributed by atoms with Gasteiger partial charge in [-0.05, 0) is 31.4 Å². The van der Waals surface area contributed by atoms with Gasteiger partial charge in [-0.3, -0.25) is 4.98 Å². The van der Waals surface area contributed by atoms with Gasteiger partial charge in [0.1, 0.15) is 11.5 Å². The molecule has 0 unspecified atom stereocenters. The fourth-order valence-corrected chi connectivity index (χ4v) is 3.51. The molecule has 0 aromatic carbocycles. The molecule has 0 saturated carbocycles. The van der Waals surface area contributed by atoms with E-state index in [4.69, 9.17) is 11.6 Å². The maximum atomic E-state index is 13.0. The summed E-state index contributed by atoms with van der Waals surface area (Å²) >= 11 is 7.39. The van der Waals surface area contributed by atoms with Crippen molar-refractivity contribution in [1.29, 1.82) is 0 Å². The van der Waals surface area contributed by atoms with Crippen LogP contribution in [-0.2, 0) is 12.2 Å². The molecule has 8 heteroatoms. The fraction of sp³-hybridized carbons (Fsp3) is 0.375. The summed E-state index contributed by atoms with van der Waals surface area (Å²) in [5.74, 6) is -0.0195. The SMILES string of the molecule is CCc1nccc(Cl)c1CSC1=NC(C(F)(F)F)=CC(O)=CCC1. The van der Waals surface area contributed by atoms with Crippen LogP contribution in [0.2, 0.25) is 5.02 Å². The minimum atomic E-state index is -4.62. The number of thioether (sulfide) groups is 1. The second kappa shape index (κ2) is 8.07. The highest BCUT2D eigenvalue weighted by molar-refractivity contribution is 8.13. The minimum absolute atomic E-state index is 0.321. The van der Waals surface area contributed by atoms with E-state index in [1.165, 1.54) is 17.8 Å². The molecule has 0 fully saturated rings. The largest absolute Gasteiger partial charge is 0.508 e. The lowest BCUT2D eigenvalue weighted by Crippen LogP contribution is -2.13. The molecule has 1 aromatic heterocycles. The van der Waals surface area contributed by atoms with Crippen LogP contribution in [0, 0.1) is 0 Å². The van der Waals surface area contributed by atoms with Gasteiger partial charge >= 0.3 is 6.18 Å². The van der Waals surface area contributed by atoms with Crippen LogP contribution in [0.1, 0.15) is 31.0 Å². The van der Waals surface area contributed by atoms with Gasteiger partial charge < -0.3 is 5.11 Å². The number of hydrogen-bond acceptors (Lipinski definition) is 4. The van der Waals surface area contributed by atoms with Crippen molar-refractivity contribution in [1.82, 2.24) is 4.98 Å². The van der Waals surface area contributed by atoms with Crippen molar-refractivity contribution in [2.45, 2.75) is 38.1 Å². The van der Waals surface area contributed by atoms with Crippen molar-refractivity contribution in [3.05, 3.63) is 52.2 Å². The molecule has 24 heavy (non-hydrogen) atoms. The standard InChI is InChI=1S/C16H16ClF3N2OS/c1-2-13-11(12(17)6-7-21-13)9-24-15-5-3-4-10(23)8-14(22-15)16(18,19)20/h4,6-8,23H,2-3,5,9H2,1H3. The van der Waals surface area contributed by atoms with Crippen LogP contribution < -0.4 is 0 Å². The molecule has 2 heterocycles. The Labute approximate surface area is 147 Å². The van der Waals surface area contributed by atoms with E-state index >= 15 is 0 Å². The predicted molar refractivity (Wildman–Crippen MR) is 91.4 cm³/mol. The number of hydrogen-bond donors (Lipinski definition) is 1. The van der Waals surface area contributed by atoms with Gasteiger partial charge in [-0.2, -0.15) is 13.2 Å². The number of halogens is 4. The molecule has 1 N–H and O–H groups in total. The lowest BCUT2D eigenvalue weighted by atomic mass is 10.2. The molecule has 0 bridgehead atoms. The third kappa shape index (κ3) is 5.01. The van der Waals surface area contributed by atoms with E-state index in [-0.39, 0.29) is 0 Å². The normalized spacial score (nSPS) is 16.0. The van der Waals surface area contributed by atoms with E-state index in [9.17, 15) is 18.3 Å². The van der Waals surface area contributed by atoms with Crippen molar-refractivity contribution in [3.8, 4) is 0 Å². The quantitative estimate of drug-likeness (QED) is 0.745. The molecule has 1 aromatic rings. The lowest BCUT2D eigenvalue weighted by Gasteiger charge is -2.14. The van der Waals surface area contributed by atoms with Crippen LogP contribution in [0.5, 0.6) is 0 Å². The fourth-order valence-electron chi connectivity index (χ4n) is 2.14. The van der Waals surface area contributed by atoms with Crippen molar-refractivity contribution >= 4 is 28.4 Å². The van der Waals surface area contributed by atoms with Crippen molar-refractivity contribution in [3.63, 3.8) is 0 Å². The van der Waals surface area contributed by atoms with E-state index in [0.29, 0.717) is 41.2 Å². The van der Waals surface area contributed by atoms with Crippen molar-refractivity contribution in [2.24, 2.45) is 4.99 Å². The van der Waals surface area contributed by atoms with Crippen LogP contribution in [0.4, 0.5) is 13.2 Å². The first-order chi connectivity index (χ1) is 11.3. The Morgan fingerprint density at radius 2 is 2.12 bits per heavy atom. The number of aliphatic hydroxyl groups is 1. The average molecular weight is 377 g/mol. The summed E-state index contributed by atoms with van der Waals surface area (Å²) in [5, 5.41) is 10.3. The van der Waals surface area contributed by atoms with Gasteiger partial charge in [-0.15, -0.1) is 11.8 Å². The van der Waals surface area contributed by atoms with E-state index in [1.807, 2.05) is 6.92 Å². The molecule has 3 nitrogen and oxygen atoms in total. The monoisotopic (exact) mass is 376 g/mol. The Morgan fingerprint density at radius 1 is 1.38 bits per heavy atom. The molecule has 2 rings (SSSR count). The third-order valence-electron chi connectivity index (χ3n) is 3.34. The van der Waals surface area contributed by atoms with E-state index in [2.05, 4.69) is 9.98 Å². The Kier molecular flexibility index (Phi) is 6.34. The summed E-state index contributed by atoms with van der Waals surface area (Å²) in [5.41, 5.74) is 0.532. The maximum Gasteiger partial charge on any atom is 0.433 e. The average Bonchev–Trinajstić information content (AvgIpc) is 2.48. The number of rotatable bonds is 3. The lowest BCUT2D eigenvalue weighted by molar-refractivity contribution is -0.0925. The zero-order valence-corrected chi connectivity index (χ0v) is 14.5. The smallest absolute Gasteiger partial charge is 0.433 e. The van der Waals surface area contributed by atoms with Crippen LogP contribution in [-0.4, -0.2) is 21.3 Å². The van der Waals surface area contributed by atoms with Gasteiger partial charge in [0.05, 0.1) is 5.04 Å². The summed E-state index contributed by atoms with van der Waals surface area (Å²) in [6.45, 7) is 1.94. The highest BCUT2D eigenvalue weighted by Gasteiger charge is 2.34. The summed E-state index contributed by atoms with van der Waals surface area (Å²) in [4.78, 5) is 7.96. The van der Waals surface area contributed by atoms with Gasteiger partial charge in [0.15, 0.2) is 0 Å². The molecule has 0 saturated heterocycles. The molecule has 0 aliphatic carbocycles. The second-order valence-corrected chi connectivity index (χ2v) is 6.52. The topological polar surface area (TPSA) is 45.5 Å². The van der Waals surface area contributed by atoms with Crippen LogP contribution in [0.25, 0.3) is 0 Å². The summed E-state index contributed by atoms with van der Waals surface area (Å²) in [7, 11) is 0. The molecule has 0 atom stereocenters. The molecular weight excluding hydrogens is 361 g/mol. The zero-order valence-electron chi connectivity index (χ0n) is 12.9. The molecule has 0 amide bonds. The van der Waals surface area contributed by atoms with Gasteiger partial charge in [0.2, 0.25) is 0 Å². The van der Waals surface area contributed by atoms with Gasteiger partial charge in [0, 0.05) is 34.3 Å². The first-order valence-corrected chi connectivity index (χ1v) is 8.68. The highest BCUT2D eigenvalue weighted by atomic mass is 35.5. The number of allylic oxidation sites excluding steroid dienone is 3. The zero-order chi connectivity index (χ0) is 17.7. The summed E-state index contributed by atoms with van der Waals surface area (Å²) in [6.07, 6.45) is 0.422. The van der Waals surface area contributed by atoms with Crippen LogP contribution >= 0.6 is 23.4 Å². The maximum absolute atomic E-state index is 13.0. The number of aryl methyl sites for hydroxylation is 1. The summed E-state index contributed by atoms with van der Waals surface area (Å²) in [6, 6.07) is 1.67. The van der Waals surface area contributed by atoms with Gasteiger partial charge in [0.25, 0.3) is 0 Å². The van der Waals surface area contributed by atoms with E-state index in [1.54, 1.807) is 12.3 Å². The van der Waals surface area contributed by atoms with Crippen LogP contribution in [0.3, 0.4) is 0 Å². The molecule has 1 aliphatic heterocycles. The molecule has 130 valence electrons. The van der Waals surface area contributed by atoms with Crippen molar-refractivity contribution in [2.75, 3.05) is 0 Å². The Balaban J connectivity index is 2.23. The van der Waals surface area contributed by atoms with Crippen LogP contribution in [0.15, 0.2) is 40.9 Å². The first kappa shape index (κ1) is 18.9. The van der Waals surface area contributed by atoms with Crippen molar-refractivity contribution < 1.29 is 18.3 Å². The Hall–Kier alpha value is -1.47. The predicted octanol–water partition coefficient (Wildman–Crippen LogP) is 5.61. The number of pyridine rings is 1. The van der Waals surface area contributed by atoms with E-state index < -0.39 is 17.6 Å². The molecular formula is C16H16ClF3N2OS. The van der Waals surface area contributed by atoms with Gasteiger partial charge in [-0.1, -0.05) is 18.5 Å². The third-order valence-corrected chi connectivity index (χ3v) is 4.75. The second-order valence-electron chi connectivity index (χ2n) is 5.06. The number of nitrogens with zero attached hydrogens (tertiary/aromatic N) is 2. The number of alkyl halides is 3. The molecule has 1 aliphatic rings. The minimum Gasteiger partial charge on any atom is -0.508 e. The van der Waals surface area contributed by atoms with Gasteiger partial charge in [-0.25, -0.2) is 4.99 Å². The molecule has 0 spiro atoms. The number of aliphatic hydroxyl groups excluding tert-OH is 1. The Morgan fingerprint density at radius 3 is 2.79 bits per heavy atom. The van der Waals surface area contributed by atoms with E-state index in [0.717, 1.165) is 11.3 Å². The highest BCUT2D eigenvalue weighted by Crippen LogP contribution is 2.32. The molecule has 0 radical (unpaired) electrons. The Bertz CT molecular complexity index is 699. The number of aliphatic imine (C=N–C) groups is 1. The summed E-state index contributed by atoms with van der Waals surface area (Å²) < 4.78 is 39.0. The number of aromatic nitrogens is 1.